The molecule has 0 aromatic heterocycles. The molecule has 0 unspecified atom stereocenters. The van der Waals surface area contributed by atoms with Crippen molar-refractivity contribution in [2.24, 2.45) is 10.1 Å². The van der Waals surface area contributed by atoms with Crippen LogP contribution in [-0.4, -0.2) is 22.7 Å². The van der Waals surface area contributed by atoms with E-state index in [0.717, 1.165) is 16.6 Å². The molecule has 1 aliphatic carbocycles. The van der Waals surface area contributed by atoms with Crippen molar-refractivity contribution >= 4 is 22.6 Å². The van der Waals surface area contributed by atoms with Crippen LogP contribution in [0.5, 0.6) is 0 Å². The Morgan fingerprint density at radius 2 is 2.00 bits per heavy atom. The molecule has 1 heterocycles. The van der Waals surface area contributed by atoms with Gasteiger partial charge in [0.2, 0.25) is 0 Å². The number of hydrogen-bond acceptors (Lipinski definition) is 3. The van der Waals surface area contributed by atoms with Crippen LogP contribution in [0.15, 0.2) is 34.4 Å². The van der Waals surface area contributed by atoms with Gasteiger partial charge < -0.3 is 0 Å². The Bertz CT molecular complexity index is 513. The van der Waals surface area contributed by atoms with Gasteiger partial charge in [-0.15, -0.1) is 0 Å². The van der Waals surface area contributed by atoms with Crippen LogP contribution in [0.4, 0.5) is 0 Å². The third-order valence-corrected chi connectivity index (χ3v) is 4.28. The van der Waals surface area contributed by atoms with Crippen LogP contribution >= 0.6 is 11.8 Å². The van der Waals surface area contributed by atoms with Crippen molar-refractivity contribution in [2.45, 2.75) is 38.6 Å². The second kappa shape index (κ2) is 5.37. The summed E-state index contributed by atoms with van der Waals surface area (Å²) >= 11 is 1.75. The minimum atomic E-state index is 0.553. The number of thioether (sulfide) groups is 1. The Kier molecular flexibility index (Phi) is 3.60. The monoisotopic (exact) mass is 273 g/mol. The van der Waals surface area contributed by atoms with E-state index in [9.17, 15) is 0 Å². The summed E-state index contributed by atoms with van der Waals surface area (Å²) < 4.78 is 0. The lowest BCUT2D eigenvalue weighted by Crippen LogP contribution is -2.25. The fourth-order valence-corrected chi connectivity index (χ4v) is 2.80. The van der Waals surface area contributed by atoms with E-state index in [1.165, 1.54) is 24.0 Å². The summed E-state index contributed by atoms with van der Waals surface area (Å²) in [5.74, 6) is 1.48. The maximum Gasteiger partial charge on any atom is 0.177 e. The highest BCUT2D eigenvalue weighted by Crippen LogP contribution is 2.25. The average molecular weight is 273 g/mol. The summed E-state index contributed by atoms with van der Waals surface area (Å²) in [5.41, 5.74) is 6.76. The van der Waals surface area contributed by atoms with Crippen LogP contribution < -0.4 is 5.43 Å². The van der Waals surface area contributed by atoms with E-state index in [0.29, 0.717) is 12.0 Å². The molecule has 1 fully saturated rings. The van der Waals surface area contributed by atoms with Gasteiger partial charge in [-0.2, -0.15) is 5.10 Å². The zero-order valence-electron chi connectivity index (χ0n) is 11.4. The van der Waals surface area contributed by atoms with E-state index in [-0.39, 0.29) is 0 Å². The fraction of sp³-hybridized carbons (Fsp3) is 0.467. The maximum absolute atomic E-state index is 4.57. The van der Waals surface area contributed by atoms with E-state index in [2.05, 4.69) is 53.6 Å². The van der Waals surface area contributed by atoms with Crippen LogP contribution in [0.25, 0.3) is 0 Å². The molecule has 2 aliphatic rings. The lowest BCUT2D eigenvalue weighted by Gasteiger charge is -2.15. The molecule has 1 aromatic rings. The van der Waals surface area contributed by atoms with Crippen molar-refractivity contribution in [3.8, 4) is 0 Å². The minimum absolute atomic E-state index is 0.553. The first-order valence-corrected chi connectivity index (χ1v) is 7.84. The smallest absolute Gasteiger partial charge is 0.177 e. The van der Waals surface area contributed by atoms with Gasteiger partial charge in [-0.25, -0.2) is 0 Å². The van der Waals surface area contributed by atoms with Gasteiger partial charge in [0.25, 0.3) is 0 Å². The molecule has 3 nitrogen and oxygen atoms in total. The largest absolute Gasteiger partial charge is 0.258 e. The summed E-state index contributed by atoms with van der Waals surface area (Å²) in [5, 5.41) is 5.43. The van der Waals surface area contributed by atoms with Gasteiger partial charge in [-0.05, 0) is 29.9 Å². The summed E-state index contributed by atoms with van der Waals surface area (Å²) in [6, 6.07) is 9.28. The summed E-state index contributed by atoms with van der Waals surface area (Å²) in [6.45, 7) is 4.43. The predicted octanol–water partition coefficient (Wildman–Crippen LogP) is 3.37. The third-order valence-electron chi connectivity index (χ3n) is 3.39. The molecule has 1 N–H and O–H groups in total. The number of benzene rings is 1. The van der Waals surface area contributed by atoms with Crippen molar-refractivity contribution in [1.82, 2.24) is 5.43 Å². The van der Waals surface area contributed by atoms with Gasteiger partial charge in [0.1, 0.15) is 0 Å². The number of amidine groups is 1. The van der Waals surface area contributed by atoms with E-state index in [4.69, 9.17) is 0 Å². The quantitative estimate of drug-likeness (QED) is 0.916. The average Bonchev–Trinajstić information content (AvgIpc) is 3.24. The first-order valence-electron chi connectivity index (χ1n) is 6.86. The van der Waals surface area contributed by atoms with E-state index in [1.54, 1.807) is 11.8 Å². The van der Waals surface area contributed by atoms with Crippen LogP contribution in [0.1, 0.15) is 43.7 Å². The molecule has 4 heteroatoms. The highest BCUT2D eigenvalue weighted by Gasteiger charge is 2.22. The molecule has 1 aliphatic heterocycles. The van der Waals surface area contributed by atoms with E-state index < -0.39 is 0 Å². The summed E-state index contributed by atoms with van der Waals surface area (Å²) in [6.07, 6.45) is 2.47. The highest BCUT2D eigenvalue weighted by molar-refractivity contribution is 8.14. The van der Waals surface area contributed by atoms with Gasteiger partial charge in [0.15, 0.2) is 5.17 Å². The molecule has 0 bridgehead atoms. The van der Waals surface area contributed by atoms with Gasteiger partial charge in [-0.3, -0.25) is 10.4 Å². The molecule has 0 radical (unpaired) electrons. The van der Waals surface area contributed by atoms with Gasteiger partial charge in [-0.1, -0.05) is 49.9 Å². The third kappa shape index (κ3) is 3.18. The van der Waals surface area contributed by atoms with Gasteiger partial charge in [0.05, 0.1) is 11.8 Å². The van der Waals surface area contributed by atoms with E-state index >= 15 is 0 Å². The van der Waals surface area contributed by atoms with Crippen molar-refractivity contribution < 1.29 is 0 Å². The lowest BCUT2D eigenvalue weighted by molar-refractivity contribution is 0.866. The molecule has 3 rings (SSSR count). The topological polar surface area (TPSA) is 36.8 Å². The van der Waals surface area contributed by atoms with Crippen LogP contribution in [0, 0.1) is 0 Å². The van der Waals surface area contributed by atoms with Crippen molar-refractivity contribution in [3.63, 3.8) is 0 Å². The number of nitrogens with zero attached hydrogens (tertiary/aromatic N) is 2. The Morgan fingerprint density at radius 3 is 2.53 bits per heavy atom. The Labute approximate surface area is 118 Å². The number of hydrazone groups is 1. The second-order valence-electron chi connectivity index (χ2n) is 5.40. The van der Waals surface area contributed by atoms with Crippen molar-refractivity contribution in [2.75, 3.05) is 5.75 Å². The normalized spacial score (nSPS) is 21.4. The minimum Gasteiger partial charge on any atom is -0.258 e. The highest BCUT2D eigenvalue weighted by atomic mass is 32.2. The first kappa shape index (κ1) is 12.7. The number of nitrogens with one attached hydrogen (secondary N) is 1. The van der Waals surface area contributed by atoms with Gasteiger partial charge in [0, 0.05) is 5.75 Å². The molecule has 1 aromatic carbocycles. The molecule has 1 saturated carbocycles. The SMILES string of the molecule is CC(C)c1ccc(C2=NNC(=NC3CC3)SC2)cc1. The second-order valence-corrected chi connectivity index (χ2v) is 6.37. The van der Waals surface area contributed by atoms with Gasteiger partial charge >= 0.3 is 0 Å². The van der Waals surface area contributed by atoms with Crippen LogP contribution in [-0.2, 0) is 0 Å². The standard InChI is InChI=1S/C15H19N3S/c1-10(2)11-3-5-12(6-4-11)14-9-19-15(18-17-14)16-13-7-8-13/h3-6,10,13H,7-9H2,1-2H3,(H,16,18). The van der Waals surface area contributed by atoms with Crippen LogP contribution in [0.3, 0.4) is 0 Å². The molecular weight excluding hydrogens is 254 g/mol. The Balaban J connectivity index is 1.70. The van der Waals surface area contributed by atoms with Crippen molar-refractivity contribution in [1.29, 1.82) is 0 Å². The molecule has 0 atom stereocenters. The molecule has 0 spiro atoms. The molecule has 100 valence electrons. The van der Waals surface area contributed by atoms with Crippen molar-refractivity contribution in [3.05, 3.63) is 35.4 Å². The number of aliphatic imine (C=N–C) groups is 1. The van der Waals surface area contributed by atoms with E-state index in [1.807, 2.05) is 0 Å². The van der Waals surface area contributed by atoms with Crippen LogP contribution in [0.2, 0.25) is 0 Å². The zero-order chi connectivity index (χ0) is 13.2. The molecule has 0 amide bonds. The maximum atomic E-state index is 4.57. The predicted molar refractivity (Wildman–Crippen MR) is 83.1 cm³/mol. The first-order chi connectivity index (χ1) is 9.22. The number of hydrogen-bond donors (Lipinski definition) is 1. The fourth-order valence-electron chi connectivity index (χ4n) is 1.96. The Morgan fingerprint density at radius 1 is 1.26 bits per heavy atom. The summed E-state index contributed by atoms with van der Waals surface area (Å²) in [4.78, 5) is 4.57. The number of rotatable bonds is 3. The Hall–Kier alpha value is -1.29. The molecule has 0 saturated heterocycles. The molecular formula is C15H19N3S. The summed E-state index contributed by atoms with van der Waals surface area (Å²) in [7, 11) is 0. The molecule has 19 heavy (non-hydrogen) atoms. The zero-order valence-corrected chi connectivity index (χ0v) is 12.2. The lowest BCUT2D eigenvalue weighted by atomic mass is 10.0.